The van der Waals surface area contributed by atoms with Crippen molar-refractivity contribution in [1.29, 1.82) is 0 Å². The molecule has 4 rings (SSSR count). The number of carboxylic acids is 1. The number of carbonyl (C=O) groups is 3. The highest BCUT2D eigenvalue weighted by Gasteiger charge is 2.43. The molecule has 2 aromatic rings. The molecule has 0 unspecified atom stereocenters. The van der Waals surface area contributed by atoms with Gasteiger partial charge in [-0.1, -0.05) is 48.5 Å². The molecule has 1 amide bonds. The van der Waals surface area contributed by atoms with Crippen molar-refractivity contribution in [3.05, 3.63) is 59.7 Å². The summed E-state index contributed by atoms with van der Waals surface area (Å²) in [5.41, 5.74) is 4.46. The van der Waals surface area contributed by atoms with E-state index in [4.69, 9.17) is 9.47 Å². The molecule has 7 nitrogen and oxygen atoms in total. The molecule has 0 aliphatic heterocycles. The van der Waals surface area contributed by atoms with Crippen LogP contribution in [0.25, 0.3) is 11.1 Å². The predicted octanol–water partition coefficient (Wildman–Crippen LogP) is 3.18. The zero-order chi connectivity index (χ0) is 21.3. The molecule has 0 spiro atoms. The minimum atomic E-state index is -1.05. The number of amides is 1. The van der Waals surface area contributed by atoms with Gasteiger partial charge in [0.15, 0.2) is 0 Å². The van der Waals surface area contributed by atoms with Crippen LogP contribution in [0.15, 0.2) is 48.5 Å². The Labute approximate surface area is 174 Å². The van der Waals surface area contributed by atoms with Crippen molar-refractivity contribution in [2.24, 2.45) is 11.8 Å². The molecule has 0 heterocycles. The Morgan fingerprint density at radius 3 is 2.17 bits per heavy atom. The maximum absolute atomic E-state index is 12.5. The van der Waals surface area contributed by atoms with Crippen molar-refractivity contribution in [2.75, 3.05) is 13.7 Å². The first-order valence-electron chi connectivity index (χ1n) is 9.91. The lowest BCUT2D eigenvalue weighted by molar-refractivity contribution is -0.145. The highest BCUT2D eigenvalue weighted by Crippen LogP contribution is 2.44. The maximum Gasteiger partial charge on any atom is 0.407 e. The van der Waals surface area contributed by atoms with Crippen LogP contribution < -0.4 is 5.32 Å². The minimum absolute atomic E-state index is 0.0789. The number of nitrogens with one attached hydrogen (secondary N) is 1. The van der Waals surface area contributed by atoms with Crippen LogP contribution in [0.1, 0.15) is 29.9 Å². The van der Waals surface area contributed by atoms with Gasteiger partial charge in [0.2, 0.25) is 0 Å². The summed E-state index contributed by atoms with van der Waals surface area (Å²) >= 11 is 0. The van der Waals surface area contributed by atoms with Gasteiger partial charge in [-0.3, -0.25) is 9.59 Å². The second-order valence-corrected chi connectivity index (χ2v) is 7.71. The first-order valence-corrected chi connectivity index (χ1v) is 9.91. The van der Waals surface area contributed by atoms with Gasteiger partial charge < -0.3 is 19.9 Å². The van der Waals surface area contributed by atoms with Gasteiger partial charge in [-0.15, -0.1) is 0 Å². The fraction of sp³-hybridized carbons (Fsp3) is 0.348. The molecule has 2 aliphatic carbocycles. The van der Waals surface area contributed by atoms with E-state index in [1.54, 1.807) is 0 Å². The van der Waals surface area contributed by atoms with Gasteiger partial charge in [0.25, 0.3) is 0 Å². The molecule has 0 saturated heterocycles. The van der Waals surface area contributed by atoms with Crippen molar-refractivity contribution >= 4 is 18.0 Å². The van der Waals surface area contributed by atoms with E-state index in [0.717, 1.165) is 22.3 Å². The molecule has 30 heavy (non-hydrogen) atoms. The average molecular weight is 409 g/mol. The summed E-state index contributed by atoms with van der Waals surface area (Å²) in [5.74, 6) is -2.99. The van der Waals surface area contributed by atoms with Crippen molar-refractivity contribution in [3.63, 3.8) is 0 Å². The lowest BCUT2D eigenvalue weighted by Crippen LogP contribution is -2.40. The zero-order valence-electron chi connectivity index (χ0n) is 16.5. The van der Waals surface area contributed by atoms with E-state index >= 15 is 0 Å². The second kappa shape index (κ2) is 8.18. The Bertz CT molecular complexity index is 942. The molecular formula is C23H23NO6. The number of ether oxygens (including phenoxy) is 2. The first kappa shape index (κ1) is 19.9. The molecule has 1 saturated carbocycles. The van der Waals surface area contributed by atoms with Crippen LogP contribution in [-0.4, -0.2) is 42.9 Å². The second-order valence-electron chi connectivity index (χ2n) is 7.71. The number of alkyl carbamates (subject to hydrolysis) is 1. The van der Waals surface area contributed by atoms with E-state index < -0.39 is 35.9 Å². The number of hydrogen-bond donors (Lipinski definition) is 2. The number of esters is 1. The maximum atomic E-state index is 12.5. The van der Waals surface area contributed by atoms with E-state index in [1.807, 2.05) is 36.4 Å². The Morgan fingerprint density at radius 2 is 1.60 bits per heavy atom. The number of fused-ring (bicyclic) bond motifs is 3. The van der Waals surface area contributed by atoms with Crippen molar-refractivity contribution in [1.82, 2.24) is 5.32 Å². The van der Waals surface area contributed by atoms with Crippen LogP contribution in [0, 0.1) is 11.8 Å². The molecule has 2 aromatic carbocycles. The van der Waals surface area contributed by atoms with Crippen molar-refractivity contribution in [2.45, 2.75) is 24.8 Å². The summed E-state index contributed by atoms with van der Waals surface area (Å²) in [5, 5.41) is 12.1. The van der Waals surface area contributed by atoms with Gasteiger partial charge in [0.05, 0.1) is 18.9 Å². The number of aliphatic carboxylic acids is 1. The summed E-state index contributed by atoms with van der Waals surface area (Å²) < 4.78 is 10.2. The summed E-state index contributed by atoms with van der Waals surface area (Å²) in [7, 11) is 1.27. The van der Waals surface area contributed by atoms with E-state index in [2.05, 4.69) is 17.4 Å². The third-order valence-electron chi connectivity index (χ3n) is 6.06. The molecule has 1 fully saturated rings. The van der Waals surface area contributed by atoms with Crippen LogP contribution in [0.4, 0.5) is 4.79 Å². The van der Waals surface area contributed by atoms with Crippen LogP contribution in [0.2, 0.25) is 0 Å². The Hall–Kier alpha value is -3.35. The molecule has 2 N–H and O–H groups in total. The Kier molecular flexibility index (Phi) is 5.44. The van der Waals surface area contributed by atoms with E-state index in [9.17, 15) is 19.5 Å². The number of carboxylic acid groups (broad SMARTS) is 1. The third-order valence-corrected chi connectivity index (χ3v) is 6.06. The summed E-state index contributed by atoms with van der Waals surface area (Å²) in [4.78, 5) is 35.8. The molecular weight excluding hydrogens is 386 g/mol. The number of hydrogen-bond acceptors (Lipinski definition) is 5. The third kappa shape index (κ3) is 3.63. The van der Waals surface area contributed by atoms with Crippen molar-refractivity contribution in [3.8, 4) is 11.1 Å². The van der Waals surface area contributed by atoms with Gasteiger partial charge in [0.1, 0.15) is 6.61 Å². The van der Waals surface area contributed by atoms with Crippen LogP contribution >= 0.6 is 0 Å². The fourth-order valence-corrected chi connectivity index (χ4v) is 4.62. The van der Waals surface area contributed by atoms with Crippen LogP contribution in [0.5, 0.6) is 0 Å². The van der Waals surface area contributed by atoms with E-state index in [1.165, 1.54) is 7.11 Å². The van der Waals surface area contributed by atoms with Gasteiger partial charge in [-0.2, -0.15) is 0 Å². The molecule has 0 aromatic heterocycles. The van der Waals surface area contributed by atoms with Gasteiger partial charge in [-0.25, -0.2) is 4.79 Å². The zero-order valence-corrected chi connectivity index (χ0v) is 16.5. The average Bonchev–Trinajstić information content (AvgIpc) is 3.31. The standard InChI is InChI=1S/C23H23NO6/c1-29-22(27)13-10-18(21(25)26)20(11-13)24-23(28)30-12-19-16-8-4-2-6-14(16)15-7-3-5-9-17(15)19/h2-9,13,18-20H,10-12H2,1H3,(H,24,28)(H,25,26)/t13-,18-,20+/m1/s1. The molecule has 7 heteroatoms. The Balaban J connectivity index is 1.43. The quantitative estimate of drug-likeness (QED) is 0.736. The molecule has 156 valence electrons. The highest BCUT2D eigenvalue weighted by atomic mass is 16.5. The summed E-state index contributed by atoms with van der Waals surface area (Å²) in [6, 6.07) is 15.4. The normalized spacial score (nSPS) is 22.1. The van der Waals surface area contributed by atoms with Gasteiger partial charge in [0, 0.05) is 12.0 Å². The van der Waals surface area contributed by atoms with Crippen LogP contribution in [-0.2, 0) is 19.1 Å². The van der Waals surface area contributed by atoms with Gasteiger partial charge in [-0.05, 0) is 35.1 Å². The lowest BCUT2D eigenvalue weighted by Gasteiger charge is -2.19. The first-order chi connectivity index (χ1) is 14.5. The SMILES string of the molecule is COC(=O)[C@H]1C[C@H](NC(=O)OCC2c3ccccc3-c3ccccc32)[C@H](C(=O)O)C1. The highest BCUT2D eigenvalue weighted by molar-refractivity contribution is 5.80. The van der Waals surface area contributed by atoms with E-state index in [0.29, 0.717) is 0 Å². The van der Waals surface area contributed by atoms with Crippen LogP contribution in [0.3, 0.4) is 0 Å². The molecule has 2 aliphatic rings. The number of rotatable bonds is 5. The predicted molar refractivity (Wildman–Crippen MR) is 108 cm³/mol. The number of carbonyl (C=O) groups excluding carboxylic acids is 2. The molecule has 0 bridgehead atoms. The monoisotopic (exact) mass is 409 g/mol. The summed E-state index contributed by atoms with van der Waals surface area (Å²) in [6.45, 7) is 0.144. The summed E-state index contributed by atoms with van der Waals surface area (Å²) in [6.07, 6.45) is -0.330. The smallest absolute Gasteiger partial charge is 0.407 e. The number of methoxy groups -OCH3 is 1. The molecule has 0 radical (unpaired) electrons. The van der Waals surface area contributed by atoms with Crippen molar-refractivity contribution < 1.29 is 29.0 Å². The lowest BCUT2D eigenvalue weighted by atomic mass is 9.98. The fourth-order valence-electron chi connectivity index (χ4n) is 4.62. The molecule has 3 atom stereocenters. The largest absolute Gasteiger partial charge is 0.481 e. The van der Waals surface area contributed by atoms with E-state index in [-0.39, 0.29) is 25.4 Å². The topological polar surface area (TPSA) is 102 Å². The van der Waals surface area contributed by atoms with Gasteiger partial charge >= 0.3 is 18.0 Å². The number of benzene rings is 2. The minimum Gasteiger partial charge on any atom is -0.481 e. The Morgan fingerprint density at radius 1 is 1.00 bits per heavy atom.